The smallest absolute Gasteiger partial charge is 0.0920 e. The van der Waals surface area contributed by atoms with Crippen LogP contribution in [0.4, 0.5) is 0 Å². The topological polar surface area (TPSA) is 23.8 Å². The Kier molecular flexibility index (Phi) is 3.45. The predicted molar refractivity (Wildman–Crippen MR) is 77.1 cm³/mol. The summed E-state index contributed by atoms with van der Waals surface area (Å²) in [7, 11) is 0. The second-order valence-corrected chi connectivity index (χ2v) is 8.16. The predicted octanol–water partition coefficient (Wildman–Crippen LogP) is 4.75. The largest absolute Gasteiger partial charge is 0.193 e. The van der Waals surface area contributed by atoms with Crippen molar-refractivity contribution in [1.29, 1.82) is 5.26 Å². The lowest BCUT2D eigenvalue weighted by Crippen LogP contribution is -2.46. The van der Waals surface area contributed by atoms with Gasteiger partial charge in [-0.3, -0.25) is 0 Å². The summed E-state index contributed by atoms with van der Waals surface area (Å²) in [6, 6.07) is 2.25. The van der Waals surface area contributed by atoms with Crippen molar-refractivity contribution in [3.05, 3.63) is 11.0 Å². The van der Waals surface area contributed by atoms with Crippen LogP contribution in [-0.2, 0) is 0 Å². The zero-order chi connectivity index (χ0) is 12.6. The third-order valence-electron chi connectivity index (χ3n) is 5.27. The van der Waals surface area contributed by atoms with Crippen molar-refractivity contribution < 1.29 is 0 Å². The van der Waals surface area contributed by atoms with Crippen molar-refractivity contribution in [3.63, 3.8) is 0 Å². The molecule has 0 aliphatic heterocycles. The second-order valence-electron chi connectivity index (χ2n) is 6.77. The van der Waals surface area contributed by atoms with Gasteiger partial charge >= 0.3 is 0 Å². The fourth-order valence-electron chi connectivity index (χ4n) is 5.28. The molecule has 0 heterocycles. The molecule has 4 aliphatic carbocycles. The maximum absolute atomic E-state index is 8.94. The number of allylic oxidation sites excluding steroid dienone is 2. The molecule has 0 N–H and O–H groups in total. The zero-order valence-electron chi connectivity index (χ0n) is 11.3. The lowest BCUT2D eigenvalue weighted by atomic mass is 9.49. The normalized spacial score (nSPS) is 42.0. The van der Waals surface area contributed by atoms with Gasteiger partial charge in [0.25, 0.3) is 0 Å². The van der Waals surface area contributed by atoms with E-state index < -0.39 is 0 Å². The molecular weight excluding hydrogens is 238 g/mol. The van der Waals surface area contributed by atoms with Gasteiger partial charge in [-0.05, 0) is 78.8 Å². The number of hydrogen-bond acceptors (Lipinski definition) is 2. The van der Waals surface area contributed by atoms with Crippen LogP contribution in [0, 0.1) is 34.5 Å². The maximum atomic E-state index is 8.94. The summed E-state index contributed by atoms with van der Waals surface area (Å²) in [5.74, 6) is 4.16. The van der Waals surface area contributed by atoms with Gasteiger partial charge < -0.3 is 0 Å². The minimum atomic E-state index is 0.583. The fraction of sp³-hybridized carbons (Fsp3) is 0.812. The van der Waals surface area contributed by atoms with E-state index in [-0.39, 0.29) is 0 Å². The number of hydrogen-bond donors (Lipinski definition) is 0. The summed E-state index contributed by atoms with van der Waals surface area (Å²) in [5, 5.41) is 8.94. The van der Waals surface area contributed by atoms with Crippen LogP contribution in [0.3, 0.4) is 0 Å². The molecule has 0 aromatic heterocycles. The molecule has 1 nitrogen and oxygen atoms in total. The lowest BCUT2D eigenvalue weighted by molar-refractivity contribution is -0.0511. The van der Waals surface area contributed by atoms with Gasteiger partial charge in [0, 0.05) is 6.08 Å². The summed E-state index contributed by atoms with van der Waals surface area (Å²) in [6.07, 6.45) is 11.9. The lowest BCUT2D eigenvalue weighted by Gasteiger charge is -2.57. The maximum Gasteiger partial charge on any atom is 0.0920 e. The second kappa shape index (κ2) is 4.93. The van der Waals surface area contributed by atoms with Gasteiger partial charge in [-0.15, -0.1) is 11.8 Å². The van der Waals surface area contributed by atoms with E-state index in [0.29, 0.717) is 5.41 Å². The van der Waals surface area contributed by atoms with E-state index in [4.69, 9.17) is 5.26 Å². The Morgan fingerprint density at radius 3 is 2.22 bits per heavy atom. The fourth-order valence-corrected chi connectivity index (χ4v) is 6.19. The average Bonchev–Trinajstić information content (AvgIpc) is 2.26. The molecule has 18 heavy (non-hydrogen) atoms. The van der Waals surface area contributed by atoms with Crippen molar-refractivity contribution in [1.82, 2.24) is 0 Å². The van der Waals surface area contributed by atoms with Gasteiger partial charge in [0.2, 0.25) is 0 Å². The first-order chi connectivity index (χ1) is 8.73. The van der Waals surface area contributed by atoms with Gasteiger partial charge in [0.05, 0.1) is 6.07 Å². The Balaban J connectivity index is 1.75. The Bertz CT molecular complexity index is 355. The molecule has 0 radical (unpaired) electrons. The number of rotatable bonds is 4. The molecule has 4 saturated carbocycles. The summed E-state index contributed by atoms with van der Waals surface area (Å²) in [5.41, 5.74) is 0.583. The van der Waals surface area contributed by atoms with Crippen LogP contribution in [0.25, 0.3) is 0 Å². The van der Waals surface area contributed by atoms with Crippen LogP contribution in [0.5, 0.6) is 0 Å². The quantitative estimate of drug-likeness (QED) is 0.682. The Morgan fingerprint density at radius 2 is 1.78 bits per heavy atom. The van der Waals surface area contributed by atoms with Gasteiger partial charge in [0.1, 0.15) is 0 Å². The molecule has 0 aromatic carbocycles. The van der Waals surface area contributed by atoms with Crippen LogP contribution in [0.15, 0.2) is 11.0 Å². The first kappa shape index (κ1) is 12.6. The highest BCUT2D eigenvalue weighted by atomic mass is 32.2. The monoisotopic (exact) mass is 261 g/mol. The van der Waals surface area contributed by atoms with Gasteiger partial charge in [-0.25, -0.2) is 0 Å². The van der Waals surface area contributed by atoms with Crippen LogP contribution in [0.1, 0.15) is 51.9 Å². The minimum Gasteiger partial charge on any atom is -0.193 e. The first-order valence-electron chi connectivity index (χ1n) is 7.44. The molecule has 0 aromatic rings. The molecule has 4 bridgehead atoms. The molecule has 4 aliphatic rings. The Labute approximate surface area is 115 Å². The van der Waals surface area contributed by atoms with Crippen molar-refractivity contribution in [3.8, 4) is 6.07 Å². The van der Waals surface area contributed by atoms with Crippen LogP contribution >= 0.6 is 11.8 Å². The highest BCUT2D eigenvalue weighted by Gasteiger charge is 2.50. The van der Waals surface area contributed by atoms with Crippen molar-refractivity contribution in [2.75, 3.05) is 5.75 Å². The average molecular weight is 261 g/mol. The third kappa shape index (κ3) is 2.35. The van der Waals surface area contributed by atoms with Crippen molar-refractivity contribution >= 4 is 11.8 Å². The van der Waals surface area contributed by atoms with Crippen LogP contribution < -0.4 is 0 Å². The zero-order valence-corrected chi connectivity index (χ0v) is 12.1. The number of nitriles is 1. The molecule has 4 rings (SSSR count). The molecule has 98 valence electrons. The molecule has 2 heteroatoms. The van der Waals surface area contributed by atoms with Crippen LogP contribution in [0.2, 0.25) is 0 Å². The van der Waals surface area contributed by atoms with E-state index in [2.05, 4.69) is 13.0 Å². The Hall–Kier alpha value is -0.420. The summed E-state index contributed by atoms with van der Waals surface area (Å²) < 4.78 is 0. The molecule has 0 amide bonds. The number of thioether (sulfide) groups is 1. The van der Waals surface area contributed by atoms with E-state index in [0.717, 1.165) is 23.5 Å². The standard InChI is InChI=1S/C16H23NS/c1-2-18-15(3-4-17)11-16-8-12-5-13(9-16)7-14(6-12)10-16/h3,12-14H,2,5-11H2,1H3/b15-3-. The summed E-state index contributed by atoms with van der Waals surface area (Å²) in [4.78, 5) is 1.35. The van der Waals surface area contributed by atoms with E-state index in [9.17, 15) is 0 Å². The molecule has 0 unspecified atom stereocenters. The molecule has 4 fully saturated rings. The molecule has 0 spiro atoms. The van der Waals surface area contributed by atoms with Crippen molar-refractivity contribution in [2.24, 2.45) is 23.2 Å². The summed E-state index contributed by atoms with van der Waals surface area (Å²) >= 11 is 1.89. The van der Waals surface area contributed by atoms with Crippen LogP contribution in [-0.4, -0.2) is 5.75 Å². The van der Waals surface area contributed by atoms with E-state index >= 15 is 0 Å². The SMILES string of the molecule is CCS/C(=C\C#N)CC12CC3CC(CC(C3)C1)C2. The van der Waals surface area contributed by atoms with E-state index in [1.807, 2.05) is 17.8 Å². The minimum absolute atomic E-state index is 0.583. The summed E-state index contributed by atoms with van der Waals surface area (Å²) in [6.45, 7) is 2.19. The molecular formula is C16H23NS. The van der Waals surface area contributed by atoms with Gasteiger partial charge in [0.15, 0.2) is 0 Å². The highest BCUT2D eigenvalue weighted by molar-refractivity contribution is 8.03. The van der Waals surface area contributed by atoms with Crippen molar-refractivity contribution in [2.45, 2.75) is 51.9 Å². The van der Waals surface area contributed by atoms with E-state index in [1.165, 1.54) is 49.9 Å². The number of nitrogens with zero attached hydrogens (tertiary/aromatic N) is 1. The third-order valence-corrected chi connectivity index (χ3v) is 6.19. The van der Waals surface area contributed by atoms with Gasteiger partial charge in [-0.1, -0.05) is 6.92 Å². The molecule has 0 atom stereocenters. The Morgan fingerprint density at radius 1 is 1.22 bits per heavy atom. The first-order valence-corrected chi connectivity index (χ1v) is 8.43. The van der Waals surface area contributed by atoms with E-state index in [1.54, 1.807) is 0 Å². The molecule has 0 saturated heterocycles. The van der Waals surface area contributed by atoms with Gasteiger partial charge in [-0.2, -0.15) is 5.26 Å². The highest BCUT2D eigenvalue weighted by Crippen LogP contribution is 2.62.